The highest BCUT2D eigenvalue weighted by molar-refractivity contribution is 5.73. The van der Waals surface area contributed by atoms with E-state index in [-0.39, 0.29) is 12.5 Å². The van der Waals surface area contributed by atoms with E-state index in [4.69, 9.17) is 5.11 Å². The fraction of sp³-hybridized carbons (Fsp3) is 0.889. The lowest BCUT2D eigenvalue weighted by atomic mass is 10.1. The summed E-state index contributed by atoms with van der Waals surface area (Å²) in [6, 6.07) is 0.398. The molecule has 12 heavy (non-hydrogen) atoms. The van der Waals surface area contributed by atoms with Gasteiger partial charge in [0.1, 0.15) is 0 Å². The molecular weight excluding hydrogens is 154 g/mol. The first-order valence-corrected chi connectivity index (χ1v) is 4.63. The summed E-state index contributed by atoms with van der Waals surface area (Å²) in [5, 5.41) is 8.65. The Morgan fingerprint density at radius 3 is 3.00 bits per heavy atom. The molecule has 0 bridgehead atoms. The average Bonchev–Trinajstić information content (AvgIpc) is 2.48. The van der Waals surface area contributed by atoms with Crippen molar-refractivity contribution in [3.63, 3.8) is 0 Å². The summed E-state index contributed by atoms with van der Waals surface area (Å²) in [6.45, 7) is 2.77. The molecule has 0 spiro atoms. The van der Waals surface area contributed by atoms with Crippen LogP contribution in [0.1, 0.15) is 32.6 Å². The maximum Gasteiger partial charge on any atom is 0.219 e. The molecule has 1 aliphatic heterocycles. The molecule has 0 aromatic carbocycles. The van der Waals surface area contributed by atoms with Crippen LogP contribution in [0.15, 0.2) is 0 Å². The molecule has 0 radical (unpaired) electrons. The number of carbonyl (C=O) groups is 1. The Morgan fingerprint density at radius 1 is 1.67 bits per heavy atom. The van der Waals surface area contributed by atoms with E-state index >= 15 is 0 Å². The van der Waals surface area contributed by atoms with E-state index in [0.717, 1.165) is 32.2 Å². The molecule has 0 saturated carbocycles. The minimum absolute atomic E-state index is 0.176. The van der Waals surface area contributed by atoms with Crippen LogP contribution in [0.3, 0.4) is 0 Å². The second-order valence-corrected chi connectivity index (χ2v) is 3.37. The molecule has 0 aliphatic carbocycles. The van der Waals surface area contributed by atoms with E-state index < -0.39 is 0 Å². The van der Waals surface area contributed by atoms with E-state index in [9.17, 15) is 4.79 Å². The Labute approximate surface area is 73.4 Å². The molecule has 1 N–H and O–H groups in total. The number of nitrogens with zero attached hydrogens (tertiary/aromatic N) is 1. The number of aliphatic hydroxyl groups is 1. The number of hydrogen-bond acceptors (Lipinski definition) is 2. The summed E-state index contributed by atoms with van der Waals surface area (Å²) in [7, 11) is 0. The minimum Gasteiger partial charge on any atom is -0.396 e. The highest BCUT2D eigenvalue weighted by Crippen LogP contribution is 2.20. The lowest BCUT2D eigenvalue weighted by Gasteiger charge is -2.22. The van der Waals surface area contributed by atoms with Crippen molar-refractivity contribution in [1.29, 1.82) is 0 Å². The molecule has 3 nitrogen and oxygen atoms in total. The topological polar surface area (TPSA) is 40.5 Å². The van der Waals surface area contributed by atoms with Crippen molar-refractivity contribution in [2.45, 2.75) is 38.6 Å². The van der Waals surface area contributed by atoms with Crippen molar-refractivity contribution in [3.8, 4) is 0 Å². The monoisotopic (exact) mass is 171 g/mol. The van der Waals surface area contributed by atoms with Crippen LogP contribution < -0.4 is 0 Å². The normalized spacial score (nSPS) is 23.2. The summed E-state index contributed by atoms with van der Waals surface area (Å²) in [5.74, 6) is 0.176. The standard InChI is InChI=1S/C9H17NO2/c1-8(12)10-6-2-4-9(10)5-3-7-11/h9,11H,2-7H2,1H3/t9-/m1/s1. The van der Waals surface area contributed by atoms with Gasteiger partial charge in [0.25, 0.3) is 0 Å². The van der Waals surface area contributed by atoms with Gasteiger partial charge in [-0.25, -0.2) is 0 Å². The van der Waals surface area contributed by atoms with Gasteiger partial charge in [-0.3, -0.25) is 4.79 Å². The molecule has 0 aromatic rings. The third-order valence-electron chi connectivity index (χ3n) is 2.48. The highest BCUT2D eigenvalue weighted by atomic mass is 16.3. The molecule has 1 rings (SSSR count). The van der Waals surface area contributed by atoms with Gasteiger partial charge in [0.15, 0.2) is 0 Å². The second-order valence-electron chi connectivity index (χ2n) is 3.37. The van der Waals surface area contributed by atoms with E-state index in [2.05, 4.69) is 0 Å². The number of aliphatic hydroxyl groups excluding tert-OH is 1. The van der Waals surface area contributed by atoms with Gasteiger partial charge < -0.3 is 10.0 Å². The molecule has 1 fully saturated rings. The van der Waals surface area contributed by atoms with Crippen molar-refractivity contribution >= 4 is 5.91 Å². The molecule has 1 atom stereocenters. The molecular formula is C9H17NO2. The SMILES string of the molecule is CC(=O)N1CCC[C@@H]1CCCO. The first-order valence-electron chi connectivity index (χ1n) is 4.63. The largest absolute Gasteiger partial charge is 0.396 e. The maximum absolute atomic E-state index is 11.1. The van der Waals surface area contributed by atoms with E-state index in [1.165, 1.54) is 0 Å². The maximum atomic E-state index is 11.1. The quantitative estimate of drug-likeness (QED) is 0.681. The lowest BCUT2D eigenvalue weighted by molar-refractivity contribution is -0.129. The van der Waals surface area contributed by atoms with Crippen molar-refractivity contribution in [2.24, 2.45) is 0 Å². The van der Waals surface area contributed by atoms with Crippen LogP contribution in [0.2, 0.25) is 0 Å². The number of likely N-dealkylation sites (tertiary alicyclic amines) is 1. The van der Waals surface area contributed by atoms with Crippen LogP contribution in [-0.2, 0) is 4.79 Å². The molecule has 1 amide bonds. The predicted octanol–water partition coefficient (Wildman–Crippen LogP) is 0.770. The van der Waals surface area contributed by atoms with Crippen LogP contribution in [0, 0.1) is 0 Å². The zero-order valence-corrected chi connectivity index (χ0v) is 7.62. The van der Waals surface area contributed by atoms with Gasteiger partial charge in [0.05, 0.1) is 0 Å². The Bertz CT molecular complexity index is 159. The number of rotatable bonds is 3. The Morgan fingerprint density at radius 2 is 2.42 bits per heavy atom. The molecule has 0 aromatic heterocycles. The smallest absolute Gasteiger partial charge is 0.219 e. The summed E-state index contributed by atoms with van der Waals surface area (Å²) >= 11 is 0. The van der Waals surface area contributed by atoms with Gasteiger partial charge >= 0.3 is 0 Å². The van der Waals surface area contributed by atoms with Gasteiger partial charge in [-0.05, 0) is 25.7 Å². The van der Waals surface area contributed by atoms with E-state index in [1.54, 1.807) is 6.92 Å². The van der Waals surface area contributed by atoms with Crippen molar-refractivity contribution < 1.29 is 9.90 Å². The second kappa shape index (κ2) is 4.45. The van der Waals surface area contributed by atoms with Crippen LogP contribution >= 0.6 is 0 Å². The van der Waals surface area contributed by atoms with Gasteiger partial charge in [0.2, 0.25) is 5.91 Å². The zero-order valence-electron chi connectivity index (χ0n) is 7.62. The summed E-state index contributed by atoms with van der Waals surface area (Å²) in [6.07, 6.45) is 4.00. The fourth-order valence-corrected chi connectivity index (χ4v) is 1.88. The Kier molecular flexibility index (Phi) is 3.53. The molecule has 0 unspecified atom stereocenters. The van der Waals surface area contributed by atoms with Gasteiger partial charge in [-0.1, -0.05) is 0 Å². The number of amides is 1. The number of carbonyl (C=O) groups excluding carboxylic acids is 1. The summed E-state index contributed by atoms with van der Waals surface area (Å²) in [4.78, 5) is 13.0. The molecule has 1 heterocycles. The van der Waals surface area contributed by atoms with Crippen LogP contribution in [0.4, 0.5) is 0 Å². The van der Waals surface area contributed by atoms with E-state index in [0.29, 0.717) is 6.04 Å². The molecule has 3 heteroatoms. The highest BCUT2D eigenvalue weighted by Gasteiger charge is 2.25. The van der Waals surface area contributed by atoms with Crippen molar-refractivity contribution in [1.82, 2.24) is 4.90 Å². The lowest BCUT2D eigenvalue weighted by Crippen LogP contribution is -2.33. The zero-order chi connectivity index (χ0) is 8.97. The van der Waals surface area contributed by atoms with Crippen LogP contribution in [-0.4, -0.2) is 35.1 Å². The molecule has 1 aliphatic rings. The first-order chi connectivity index (χ1) is 5.75. The predicted molar refractivity (Wildman–Crippen MR) is 46.7 cm³/mol. The van der Waals surface area contributed by atoms with Crippen LogP contribution in [0.25, 0.3) is 0 Å². The first kappa shape index (κ1) is 9.52. The molecule has 1 saturated heterocycles. The Balaban J connectivity index is 2.35. The summed E-state index contributed by atoms with van der Waals surface area (Å²) in [5.41, 5.74) is 0. The fourth-order valence-electron chi connectivity index (χ4n) is 1.88. The van der Waals surface area contributed by atoms with E-state index in [1.807, 2.05) is 4.90 Å². The third kappa shape index (κ3) is 2.21. The Hall–Kier alpha value is -0.570. The van der Waals surface area contributed by atoms with Crippen LogP contribution in [0.5, 0.6) is 0 Å². The third-order valence-corrected chi connectivity index (χ3v) is 2.48. The van der Waals surface area contributed by atoms with Crippen molar-refractivity contribution in [3.05, 3.63) is 0 Å². The minimum atomic E-state index is 0.176. The molecule has 70 valence electrons. The van der Waals surface area contributed by atoms with Gasteiger partial charge in [-0.15, -0.1) is 0 Å². The van der Waals surface area contributed by atoms with Gasteiger partial charge in [-0.2, -0.15) is 0 Å². The van der Waals surface area contributed by atoms with Crippen molar-refractivity contribution in [2.75, 3.05) is 13.2 Å². The van der Waals surface area contributed by atoms with Gasteiger partial charge in [0, 0.05) is 26.1 Å². The average molecular weight is 171 g/mol. The number of hydrogen-bond donors (Lipinski definition) is 1. The summed E-state index contributed by atoms with van der Waals surface area (Å²) < 4.78 is 0.